The van der Waals surface area contributed by atoms with Crippen molar-refractivity contribution in [1.29, 1.82) is 0 Å². The van der Waals surface area contributed by atoms with Crippen LogP contribution in [-0.4, -0.2) is 24.7 Å². The monoisotopic (exact) mass is 316 g/mol. The van der Waals surface area contributed by atoms with E-state index in [9.17, 15) is 17.2 Å². The highest BCUT2D eigenvalue weighted by molar-refractivity contribution is 7.92. The minimum Gasteiger partial charge on any atom is -0.330 e. The molecule has 114 valence electrons. The quantitative estimate of drug-likeness (QED) is 0.841. The molecule has 1 aromatic carbocycles. The van der Waals surface area contributed by atoms with Gasteiger partial charge < -0.3 is 5.73 Å². The third-order valence-electron chi connectivity index (χ3n) is 2.68. The lowest BCUT2D eigenvalue weighted by Gasteiger charge is -2.06. The first-order valence-electron chi connectivity index (χ1n) is 6.13. The van der Waals surface area contributed by atoms with E-state index in [-0.39, 0.29) is 10.6 Å². The zero-order valence-corrected chi connectivity index (χ0v) is 11.8. The van der Waals surface area contributed by atoms with Gasteiger partial charge in [0.1, 0.15) is 4.90 Å². The lowest BCUT2D eigenvalue weighted by atomic mass is 10.3. The second-order valence-electron chi connectivity index (χ2n) is 4.32. The molecule has 3 N–H and O–H groups in total. The number of benzene rings is 1. The lowest BCUT2D eigenvalue weighted by molar-refractivity contribution is 0.509. The van der Waals surface area contributed by atoms with Gasteiger partial charge in [-0.05, 0) is 25.1 Å². The van der Waals surface area contributed by atoms with Crippen molar-refractivity contribution in [3.63, 3.8) is 0 Å². The van der Waals surface area contributed by atoms with E-state index in [0.29, 0.717) is 19.5 Å². The molecule has 0 saturated heterocycles. The van der Waals surface area contributed by atoms with Crippen molar-refractivity contribution in [2.24, 2.45) is 5.73 Å². The van der Waals surface area contributed by atoms with Crippen molar-refractivity contribution in [2.75, 3.05) is 11.3 Å². The summed E-state index contributed by atoms with van der Waals surface area (Å²) in [5.41, 5.74) is 5.29. The van der Waals surface area contributed by atoms with E-state index >= 15 is 0 Å². The Bertz CT molecular complexity index is 731. The van der Waals surface area contributed by atoms with Gasteiger partial charge in [-0.15, -0.1) is 0 Å². The SMILES string of the molecule is NCCCn1cc(S(=O)(=O)Nc2ccc(F)c(F)c2)cn1. The van der Waals surface area contributed by atoms with Gasteiger partial charge in [0.2, 0.25) is 0 Å². The molecule has 21 heavy (non-hydrogen) atoms. The molecule has 0 unspecified atom stereocenters. The number of hydrogen-bond acceptors (Lipinski definition) is 4. The maximum Gasteiger partial charge on any atom is 0.265 e. The summed E-state index contributed by atoms with van der Waals surface area (Å²) < 4.78 is 53.6. The van der Waals surface area contributed by atoms with Gasteiger partial charge in [0.05, 0.1) is 11.9 Å². The Hall–Kier alpha value is -2.00. The molecule has 2 rings (SSSR count). The Morgan fingerprint density at radius 3 is 2.71 bits per heavy atom. The summed E-state index contributed by atoms with van der Waals surface area (Å²) in [7, 11) is -3.90. The van der Waals surface area contributed by atoms with Crippen LogP contribution in [0, 0.1) is 11.6 Å². The smallest absolute Gasteiger partial charge is 0.265 e. The molecule has 6 nitrogen and oxygen atoms in total. The van der Waals surface area contributed by atoms with Crippen molar-refractivity contribution in [1.82, 2.24) is 9.78 Å². The van der Waals surface area contributed by atoms with Crippen LogP contribution in [0.3, 0.4) is 0 Å². The number of aromatic nitrogens is 2. The molecule has 1 aromatic heterocycles. The fourth-order valence-corrected chi connectivity index (χ4v) is 2.63. The summed E-state index contributed by atoms with van der Waals surface area (Å²) in [6, 6.07) is 2.75. The third-order valence-corrected chi connectivity index (χ3v) is 4.02. The summed E-state index contributed by atoms with van der Waals surface area (Å²) in [4.78, 5) is -0.0655. The van der Waals surface area contributed by atoms with Crippen LogP contribution in [-0.2, 0) is 16.6 Å². The molecule has 2 aromatic rings. The van der Waals surface area contributed by atoms with Gasteiger partial charge in [0.15, 0.2) is 11.6 Å². The van der Waals surface area contributed by atoms with Crippen LogP contribution in [0.5, 0.6) is 0 Å². The summed E-state index contributed by atoms with van der Waals surface area (Å²) in [6.07, 6.45) is 3.19. The van der Waals surface area contributed by atoms with Gasteiger partial charge in [-0.25, -0.2) is 17.2 Å². The number of halogens is 2. The van der Waals surface area contributed by atoms with Gasteiger partial charge in [0, 0.05) is 18.8 Å². The van der Waals surface area contributed by atoms with E-state index in [1.54, 1.807) is 0 Å². The Labute approximate surface area is 120 Å². The minimum absolute atomic E-state index is 0.0655. The summed E-state index contributed by atoms with van der Waals surface area (Å²) in [5, 5.41) is 3.90. The molecule has 0 amide bonds. The molecule has 0 bridgehead atoms. The third kappa shape index (κ3) is 3.76. The fraction of sp³-hybridized carbons (Fsp3) is 0.250. The number of nitrogens with one attached hydrogen (secondary N) is 1. The van der Waals surface area contributed by atoms with Crippen LogP contribution < -0.4 is 10.5 Å². The molecule has 0 atom stereocenters. The number of anilines is 1. The molecule has 1 heterocycles. The van der Waals surface area contributed by atoms with E-state index < -0.39 is 21.7 Å². The molecular weight excluding hydrogens is 302 g/mol. The van der Waals surface area contributed by atoms with Gasteiger partial charge in [0.25, 0.3) is 10.0 Å². The zero-order valence-electron chi connectivity index (χ0n) is 11.0. The van der Waals surface area contributed by atoms with Crippen LogP contribution in [0.25, 0.3) is 0 Å². The Balaban J connectivity index is 2.17. The van der Waals surface area contributed by atoms with E-state index in [4.69, 9.17) is 5.73 Å². The molecule has 0 fully saturated rings. The van der Waals surface area contributed by atoms with E-state index in [0.717, 1.165) is 18.2 Å². The second-order valence-corrected chi connectivity index (χ2v) is 6.00. The maximum absolute atomic E-state index is 13.1. The highest BCUT2D eigenvalue weighted by Crippen LogP contribution is 2.18. The summed E-state index contributed by atoms with van der Waals surface area (Å²) in [5.74, 6) is -2.18. The van der Waals surface area contributed by atoms with Crippen LogP contribution in [0.1, 0.15) is 6.42 Å². The second kappa shape index (κ2) is 6.19. The molecule has 0 radical (unpaired) electrons. The van der Waals surface area contributed by atoms with Crippen LogP contribution in [0.2, 0.25) is 0 Å². The molecular formula is C12H14F2N4O2S. The number of nitrogens with zero attached hydrogens (tertiary/aromatic N) is 2. The van der Waals surface area contributed by atoms with Crippen molar-refractivity contribution in [3.05, 3.63) is 42.2 Å². The van der Waals surface area contributed by atoms with Crippen molar-refractivity contribution < 1.29 is 17.2 Å². The van der Waals surface area contributed by atoms with Gasteiger partial charge in [-0.3, -0.25) is 9.40 Å². The Morgan fingerprint density at radius 2 is 2.05 bits per heavy atom. The maximum atomic E-state index is 13.1. The van der Waals surface area contributed by atoms with E-state index in [2.05, 4.69) is 9.82 Å². The zero-order chi connectivity index (χ0) is 15.5. The Kier molecular flexibility index (Phi) is 4.53. The Morgan fingerprint density at radius 1 is 1.29 bits per heavy atom. The first-order chi connectivity index (χ1) is 9.92. The van der Waals surface area contributed by atoms with Crippen molar-refractivity contribution in [3.8, 4) is 0 Å². The van der Waals surface area contributed by atoms with Gasteiger partial charge in [-0.1, -0.05) is 0 Å². The first kappa shape index (κ1) is 15.4. The van der Waals surface area contributed by atoms with Crippen LogP contribution >= 0.6 is 0 Å². The lowest BCUT2D eigenvalue weighted by Crippen LogP contribution is -2.12. The molecule has 9 heteroatoms. The van der Waals surface area contributed by atoms with Crippen LogP contribution in [0.15, 0.2) is 35.5 Å². The molecule has 0 aliphatic rings. The molecule has 0 aliphatic heterocycles. The summed E-state index contributed by atoms with van der Waals surface area (Å²) in [6.45, 7) is 0.965. The average Bonchev–Trinajstić information content (AvgIpc) is 2.90. The average molecular weight is 316 g/mol. The first-order valence-corrected chi connectivity index (χ1v) is 7.61. The van der Waals surface area contributed by atoms with Gasteiger partial charge >= 0.3 is 0 Å². The standard InChI is InChI=1S/C12H14F2N4O2S/c13-11-3-2-9(6-12(11)14)17-21(19,20)10-7-16-18(8-10)5-1-4-15/h2-3,6-8,17H,1,4-5,15H2. The van der Waals surface area contributed by atoms with Crippen LogP contribution in [0.4, 0.5) is 14.5 Å². The van der Waals surface area contributed by atoms with E-state index in [1.165, 1.54) is 17.1 Å². The summed E-state index contributed by atoms with van der Waals surface area (Å²) >= 11 is 0. The number of hydrogen-bond donors (Lipinski definition) is 2. The number of rotatable bonds is 6. The predicted molar refractivity (Wildman–Crippen MR) is 73.1 cm³/mol. The number of sulfonamides is 1. The van der Waals surface area contributed by atoms with Gasteiger partial charge in [-0.2, -0.15) is 5.10 Å². The highest BCUT2D eigenvalue weighted by Gasteiger charge is 2.17. The fourth-order valence-electron chi connectivity index (χ4n) is 1.63. The predicted octanol–water partition coefficient (Wildman–Crippen LogP) is 1.31. The van der Waals surface area contributed by atoms with Crippen molar-refractivity contribution in [2.45, 2.75) is 17.9 Å². The molecule has 0 aliphatic carbocycles. The number of aryl methyl sites for hydroxylation is 1. The topological polar surface area (TPSA) is 90.0 Å². The van der Waals surface area contributed by atoms with Crippen molar-refractivity contribution >= 4 is 15.7 Å². The highest BCUT2D eigenvalue weighted by atomic mass is 32.2. The molecule has 0 spiro atoms. The normalized spacial score (nSPS) is 11.6. The van der Waals surface area contributed by atoms with E-state index in [1.807, 2.05) is 0 Å². The number of nitrogens with two attached hydrogens (primary N) is 1. The minimum atomic E-state index is -3.90. The largest absolute Gasteiger partial charge is 0.330 e. The molecule has 0 saturated carbocycles.